The summed E-state index contributed by atoms with van der Waals surface area (Å²) in [5.41, 5.74) is 0. The van der Waals surface area contributed by atoms with Crippen LogP contribution in [0.4, 0.5) is 11.9 Å². The summed E-state index contributed by atoms with van der Waals surface area (Å²) in [6, 6.07) is 0.206. The van der Waals surface area contributed by atoms with Crippen LogP contribution in [0.25, 0.3) is 0 Å². The molecule has 1 N–H and O–H groups in total. The molecule has 9 heteroatoms. The Kier molecular flexibility index (Phi) is 3.50. The van der Waals surface area contributed by atoms with Gasteiger partial charge in [0, 0.05) is 20.1 Å². The topological polar surface area (TPSA) is 97.3 Å². The fourth-order valence-corrected chi connectivity index (χ4v) is 2.80. The lowest BCUT2D eigenvalue weighted by molar-refractivity contribution is 0.378. The Hall–Kier alpha value is -1.64. The molecule has 100 valence electrons. The minimum absolute atomic E-state index is 0.121. The van der Waals surface area contributed by atoms with Crippen LogP contribution in [-0.4, -0.2) is 62.1 Å². The van der Waals surface area contributed by atoms with Crippen molar-refractivity contribution >= 4 is 21.7 Å². The highest BCUT2D eigenvalue weighted by molar-refractivity contribution is 7.91. The van der Waals surface area contributed by atoms with Gasteiger partial charge in [0.05, 0.1) is 18.6 Å². The number of nitrogens with zero attached hydrogens (tertiary/aromatic N) is 4. The zero-order valence-corrected chi connectivity index (χ0v) is 11.1. The summed E-state index contributed by atoms with van der Waals surface area (Å²) in [5.74, 6) is 1.07. The number of ether oxygens (including phenoxy) is 1. The molecule has 2 rings (SSSR count). The fourth-order valence-electron chi connectivity index (χ4n) is 1.60. The Balaban J connectivity index is 2.23. The van der Waals surface area contributed by atoms with E-state index < -0.39 is 9.84 Å². The van der Waals surface area contributed by atoms with Gasteiger partial charge < -0.3 is 15.0 Å². The second kappa shape index (κ2) is 4.92. The van der Waals surface area contributed by atoms with Crippen LogP contribution < -0.4 is 15.0 Å². The van der Waals surface area contributed by atoms with Gasteiger partial charge in [-0.05, 0) is 0 Å². The minimum atomic E-state index is -2.91. The Morgan fingerprint density at radius 3 is 2.44 bits per heavy atom. The molecule has 1 aromatic heterocycles. The van der Waals surface area contributed by atoms with Crippen molar-refractivity contribution in [3.63, 3.8) is 0 Å². The highest BCUT2D eigenvalue weighted by Gasteiger charge is 2.24. The van der Waals surface area contributed by atoms with Gasteiger partial charge in [-0.15, -0.1) is 0 Å². The van der Waals surface area contributed by atoms with Gasteiger partial charge in [0.2, 0.25) is 11.9 Å². The third kappa shape index (κ3) is 2.78. The number of aromatic nitrogens is 3. The second-order valence-electron chi connectivity index (χ2n) is 3.83. The van der Waals surface area contributed by atoms with E-state index in [1.807, 2.05) is 4.90 Å². The third-order valence-corrected chi connectivity index (χ3v) is 4.25. The quantitative estimate of drug-likeness (QED) is 0.761. The van der Waals surface area contributed by atoms with Crippen molar-refractivity contribution in [2.24, 2.45) is 0 Å². The van der Waals surface area contributed by atoms with Crippen LogP contribution in [0.2, 0.25) is 0 Å². The van der Waals surface area contributed by atoms with Crippen molar-refractivity contribution in [3.05, 3.63) is 0 Å². The van der Waals surface area contributed by atoms with Gasteiger partial charge in [-0.25, -0.2) is 8.42 Å². The molecule has 18 heavy (non-hydrogen) atoms. The summed E-state index contributed by atoms with van der Waals surface area (Å²) in [6.07, 6.45) is 0. The molecule has 0 aliphatic carbocycles. The van der Waals surface area contributed by atoms with E-state index in [9.17, 15) is 8.42 Å². The highest BCUT2D eigenvalue weighted by atomic mass is 32.2. The molecule has 0 radical (unpaired) electrons. The summed E-state index contributed by atoms with van der Waals surface area (Å²) in [5, 5.41) is 2.81. The third-order valence-electron chi connectivity index (χ3n) is 2.64. The largest absolute Gasteiger partial charge is 0.467 e. The molecular weight excluding hydrogens is 258 g/mol. The van der Waals surface area contributed by atoms with Crippen molar-refractivity contribution < 1.29 is 13.2 Å². The predicted octanol–water partition coefficient (Wildman–Crippen LogP) is -0.843. The molecule has 1 saturated heterocycles. The molecule has 2 heterocycles. The summed E-state index contributed by atoms with van der Waals surface area (Å²) < 4.78 is 27.7. The van der Waals surface area contributed by atoms with Crippen LogP contribution in [0.15, 0.2) is 0 Å². The van der Waals surface area contributed by atoms with Crippen LogP contribution in [0, 0.1) is 0 Å². The Morgan fingerprint density at radius 1 is 1.22 bits per heavy atom. The zero-order chi connectivity index (χ0) is 13.2. The average molecular weight is 273 g/mol. The van der Waals surface area contributed by atoms with E-state index in [1.165, 1.54) is 7.11 Å². The van der Waals surface area contributed by atoms with E-state index >= 15 is 0 Å². The molecule has 8 nitrogen and oxygen atoms in total. The van der Waals surface area contributed by atoms with Gasteiger partial charge in [-0.1, -0.05) is 0 Å². The molecule has 1 aliphatic heterocycles. The molecule has 0 amide bonds. The maximum Gasteiger partial charge on any atom is 0.322 e. The zero-order valence-electron chi connectivity index (χ0n) is 10.3. The van der Waals surface area contributed by atoms with E-state index in [0.29, 0.717) is 25.0 Å². The summed E-state index contributed by atoms with van der Waals surface area (Å²) in [4.78, 5) is 14.1. The first-order chi connectivity index (χ1) is 8.54. The number of hydrogen-bond acceptors (Lipinski definition) is 8. The first kappa shape index (κ1) is 12.8. The van der Waals surface area contributed by atoms with Gasteiger partial charge in [-0.3, -0.25) is 0 Å². The van der Waals surface area contributed by atoms with E-state index in [-0.39, 0.29) is 17.5 Å². The van der Waals surface area contributed by atoms with Crippen LogP contribution >= 0.6 is 0 Å². The number of sulfone groups is 1. The molecular formula is C9H15N5O3S. The highest BCUT2D eigenvalue weighted by Crippen LogP contribution is 2.16. The van der Waals surface area contributed by atoms with Crippen LogP contribution in [-0.2, 0) is 9.84 Å². The monoisotopic (exact) mass is 273 g/mol. The lowest BCUT2D eigenvalue weighted by Gasteiger charge is -2.26. The Labute approximate surface area is 105 Å². The van der Waals surface area contributed by atoms with Crippen molar-refractivity contribution in [3.8, 4) is 6.01 Å². The normalized spacial score (nSPS) is 18.4. The van der Waals surface area contributed by atoms with Gasteiger partial charge in [0.15, 0.2) is 9.84 Å². The van der Waals surface area contributed by atoms with Crippen molar-refractivity contribution in [2.45, 2.75) is 0 Å². The average Bonchev–Trinajstić information content (AvgIpc) is 2.38. The summed E-state index contributed by atoms with van der Waals surface area (Å²) in [6.45, 7) is 0.775. The molecule has 0 aromatic carbocycles. The number of nitrogens with one attached hydrogen (secondary N) is 1. The van der Waals surface area contributed by atoms with Crippen LogP contribution in [0.3, 0.4) is 0 Å². The summed E-state index contributed by atoms with van der Waals surface area (Å²) >= 11 is 0. The first-order valence-corrected chi connectivity index (χ1v) is 7.29. The Bertz CT molecular complexity index is 497. The molecule has 0 atom stereocenters. The maximum atomic E-state index is 11.4. The lowest BCUT2D eigenvalue weighted by Crippen LogP contribution is -2.41. The second-order valence-corrected chi connectivity index (χ2v) is 6.14. The molecule has 0 bridgehead atoms. The number of methoxy groups -OCH3 is 1. The maximum absolute atomic E-state index is 11.4. The molecule has 1 aromatic rings. The van der Waals surface area contributed by atoms with Gasteiger partial charge in [0.25, 0.3) is 0 Å². The van der Waals surface area contributed by atoms with Gasteiger partial charge in [0.1, 0.15) is 0 Å². The van der Waals surface area contributed by atoms with E-state index in [2.05, 4.69) is 20.3 Å². The van der Waals surface area contributed by atoms with Gasteiger partial charge in [-0.2, -0.15) is 15.0 Å². The minimum Gasteiger partial charge on any atom is -0.467 e. The van der Waals surface area contributed by atoms with Crippen molar-refractivity contribution in [2.75, 3.05) is 49.0 Å². The van der Waals surface area contributed by atoms with E-state index in [0.717, 1.165) is 0 Å². The lowest BCUT2D eigenvalue weighted by atomic mass is 10.5. The van der Waals surface area contributed by atoms with Crippen molar-refractivity contribution in [1.82, 2.24) is 15.0 Å². The fraction of sp³-hybridized carbons (Fsp3) is 0.667. The van der Waals surface area contributed by atoms with Gasteiger partial charge >= 0.3 is 6.01 Å². The molecule has 0 spiro atoms. The first-order valence-electron chi connectivity index (χ1n) is 5.47. The van der Waals surface area contributed by atoms with Crippen molar-refractivity contribution in [1.29, 1.82) is 0 Å². The molecule has 0 unspecified atom stereocenters. The predicted molar refractivity (Wildman–Crippen MR) is 66.8 cm³/mol. The number of rotatable bonds is 3. The van der Waals surface area contributed by atoms with Crippen LogP contribution in [0.5, 0.6) is 6.01 Å². The van der Waals surface area contributed by atoms with Crippen LogP contribution in [0.1, 0.15) is 0 Å². The molecule has 1 fully saturated rings. The molecule has 1 aliphatic rings. The Morgan fingerprint density at radius 2 is 1.89 bits per heavy atom. The SMILES string of the molecule is CNc1nc(OC)nc(N2CCS(=O)(=O)CC2)n1. The summed E-state index contributed by atoms with van der Waals surface area (Å²) in [7, 11) is 0.250. The number of hydrogen-bond donors (Lipinski definition) is 1. The standard InChI is InChI=1S/C9H15N5O3S/c1-10-7-11-8(13-9(12-7)17-2)14-3-5-18(15,16)6-4-14/h3-6H2,1-2H3,(H,10,11,12,13). The smallest absolute Gasteiger partial charge is 0.322 e. The van der Waals surface area contributed by atoms with E-state index in [1.54, 1.807) is 7.05 Å². The molecule has 0 saturated carbocycles. The number of anilines is 2. The van der Waals surface area contributed by atoms with E-state index in [4.69, 9.17) is 4.74 Å².